The molecule has 1 aliphatic rings. The molecule has 2 heterocycles. The van der Waals surface area contributed by atoms with Crippen molar-refractivity contribution in [2.45, 2.75) is 24.7 Å². The molecule has 1 aliphatic heterocycles. The summed E-state index contributed by atoms with van der Waals surface area (Å²) < 4.78 is 33.8. The molecule has 1 fully saturated rings. The highest BCUT2D eigenvalue weighted by molar-refractivity contribution is 7.89. The summed E-state index contributed by atoms with van der Waals surface area (Å²) in [4.78, 5) is 12.8. The van der Waals surface area contributed by atoms with Crippen LogP contribution in [0.3, 0.4) is 0 Å². The van der Waals surface area contributed by atoms with Crippen LogP contribution in [0.1, 0.15) is 17.7 Å². The molecule has 3 aromatic rings. The first kappa shape index (κ1) is 22.2. The molecule has 9 heteroatoms. The number of sulfonamides is 1. The van der Waals surface area contributed by atoms with Crippen molar-refractivity contribution in [3.05, 3.63) is 71.9 Å². The first-order valence-corrected chi connectivity index (χ1v) is 12.0. The number of ether oxygens (including phenoxy) is 1. The molecular weight excluding hydrogens is 428 g/mol. The van der Waals surface area contributed by atoms with Gasteiger partial charge in [-0.3, -0.25) is 4.79 Å². The second-order valence-corrected chi connectivity index (χ2v) is 9.56. The van der Waals surface area contributed by atoms with E-state index in [1.165, 1.54) is 4.31 Å². The van der Waals surface area contributed by atoms with E-state index in [1.807, 2.05) is 43.3 Å². The number of nitrogens with one attached hydrogen (secondary N) is 1. The third kappa shape index (κ3) is 5.07. The second-order valence-electron chi connectivity index (χ2n) is 7.63. The van der Waals surface area contributed by atoms with E-state index in [2.05, 4.69) is 10.4 Å². The van der Waals surface area contributed by atoms with Crippen molar-refractivity contribution < 1.29 is 17.9 Å². The number of amides is 1. The van der Waals surface area contributed by atoms with Gasteiger partial charge in [-0.15, -0.1) is 0 Å². The number of hydrogen-bond acceptors (Lipinski definition) is 5. The molecule has 0 radical (unpaired) electrons. The second kappa shape index (κ2) is 9.64. The van der Waals surface area contributed by atoms with Gasteiger partial charge in [0.2, 0.25) is 15.9 Å². The fourth-order valence-electron chi connectivity index (χ4n) is 3.58. The number of rotatable bonds is 7. The average Bonchev–Trinajstić information content (AvgIpc) is 3.19. The predicted octanol–water partition coefficient (Wildman–Crippen LogP) is 2.77. The van der Waals surface area contributed by atoms with Gasteiger partial charge in [-0.25, -0.2) is 13.1 Å². The molecule has 8 nitrogen and oxygen atoms in total. The predicted molar refractivity (Wildman–Crippen MR) is 121 cm³/mol. The van der Waals surface area contributed by atoms with Crippen LogP contribution in [0.25, 0.3) is 5.69 Å². The monoisotopic (exact) mass is 454 g/mol. The zero-order valence-electron chi connectivity index (χ0n) is 17.9. The van der Waals surface area contributed by atoms with E-state index in [4.69, 9.17) is 4.74 Å². The summed E-state index contributed by atoms with van der Waals surface area (Å²) in [7, 11) is -3.52. The van der Waals surface area contributed by atoms with Crippen LogP contribution in [0.5, 0.6) is 0 Å². The van der Waals surface area contributed by atoms with E-state index >= 15 is 0 Å². The molecule has 0 atom stereocenters. The lowest BCUT2D eigenvalue weighted by atomic mass is 10.1. The van der Waals surface area contributed by atoms with Gasteiger partial charge >= 0.3 is 0 Å². The highest BCUT2D eigenvalue weighted by atomic mass is 32.2. The molecular formula is C23H26N4O4S. The van der Waals surface area contributed by atoms with Gasteiger partial charge in [-0.2, -0.15) is 9.40 Å². The lowest BCUT2D eigenvalue weighted by Gasteiger charge is -2.26. The van der Waals surface area contributed by atoms with Gasteiger partial charge in [0.25, 0.3) is 0 Å². The van der Waals surface area contributed by atoms with E-state index in [0.29, 0.717) is 38.5 Å². The number of anilines is 1. The zero-order valence-corrected chi connectivity index (χ0v) is 18.7. The number of aromatic nitrogens is 2. The van der Waals surface area contributed by atoms with Crippen molar-refractivity contribution in [1.29, 1.82) is 0 Å². The molecule has 1 N–H and O–H groups in total. The van der Waals surface area contributed by atoms with Gasteiger partial charge in [0.05, 0.1) is 29.5 Å². The number of carbonyl (C=O) groups excluding carboxylic acids is 1. The minimum atomic E-state index is -3.52. The summed E-state index contributed by atoms with van der Waals surface area (Å²) in [5.74, 6) is 0.484. The number of aryl methyl sites for hydroxylation is 2. The maximum absolute atomic E-state index is 12.7. The van der Waals surface area contributed by atoms with Gasteiger partial charge in [0, 0.05) is 25.6 Å². The normalized spacial score (nSPS) is 14.9. The Hall–Kier alpha value is -3.01. The van der Waals surface area contributed by atoms with Gasteiger partial charge in [0.1, 0.15) is 5.82 Å². The molecule has 0 bridgehead atoms. The van der Waals surface area contributed by atoms with Crippen LogP contribution in [-0.2, 0) is 26.0 Å². The third-order valence-electron chi connectivity index (χ3n) is 5.27. The Morgan fingerprint density at radius 3 is 2.44 bits per heavy atom. The van der Waals surface area contributed by atoms with E-state index in [-0.39, 0.29) is 17.2 Å². The number of hydrogen-bond donors (Lipinski definition) is 1. The Morgan fingerprint density at radius 1 is 1.06 bits per heavy atom. The first-order valence-electron chi connectivity index (χ1n) is 10.5. The summed E-state index contributed by atoms with van der Waals surface area (Å²) in [5, 5.41) is 7.38. The van der Waals surface area contributed by atoms with Gasteiger partial charge in [-0.05, 0) is 43.2 Å². The largest absolute Gasteiger partial charge is 0.379 e. The van der Waals surface area contributed by atoms with Crippen LogP contribution in [0, 0.1) is 6.92 Å². The molecule has 0 spiro atoms. The fourth-order valence-corrected chi connectivity index (χ4v) is 4.99. The van der Waals surface area contributed by atoms with E-state index in [1.54, 1.807) is 28.9 Å². The minimum Gasteiger partial charge on any atom is -0.379 e. The SMILES string of the molecule is Cc1cc(NC(=O)CCc2ccc(S(=O)(=O)N3CCOCC3)cc2)n(-c2ccccc2)n1. The molecule has 32 heavy (non-hydrogen) atoms. The quantitative estimate of drug-likeness (QED) is 0.593. The molecule has 0 aliphatic carbocycles. The molecule has 2 aromatic carbocycles. The van der Waals surface area contributed by atoms with Crippen LogP contribution >= 0.6 is 0 Å². The van der Waals surface area contributed by atoms with E-state index in [9.17, 15) is 13.2 Å². The first-order chi connectivity index (χ1) is 15.4. The average molecular weight is 455 g/mol. The van der Waals surface area contributed by atoms with Crippen LogP contribution < -0.4 is 5.32 Å². The molecule has 4 rings (SSSR count). The lowest BCUT2D eigenvalue weighted by Crippen LogP contribution is -2.40. The smallest absolute Gasteiger partial charge is 0.243 e. The van der Waals surface area contributed by atoms with Crippen molar-refractivity contribution in [2.24, 2.45) is 0 Å². The van der Waals surface area contributed by atoms with Gasteiger partial charge in [0.15, 0.2) is 0 Å². The molecule has 1 aromatic heterocycles. The van der Waals surface area contributed by atoms with Crippen molar-refractivity contribution in [1.82, 2.24) is 14.1 Å². The van der Waals surface area contributed by atoms with Gasteiger partial charge in [-0.1, -0.05) is 30.3 Å². The van der Waals surface area contributed by atoms with Crippen LogP contribution in [-0.4, -0.2) is 54.7 Å². The Bertz CT molecular complexity index is 1170. The molecule has 1 amide bonds. The molecule has 0 saturated carbocycles. The van der Waals surface area contributed by atoms with Crippen molar-refractivity contribution in [3.8, 4) is 5.69 Å². The standard InChI is InChI=1S/C23H26N4O4S/c1-18-17-22(27(25-18)20-5-3-2-4-6-20)24-23(28)12-9-19-7-10-21(11-8-19)32(29,30)26-13-15-31-16-14-26/h2-8,10-11,17H,9,12-16H2,1H3,(H,24,28). The fraction of sp³-hybridized carbons (Fsp3) is 0.304. The van der Waals surface area contributed by atoms with Crippen molar-refractivity contribution >= 4 is 21.7 Å². The summed E-state index contributed by atoms with van der Waals surface area (Å²) in [6, 6.07) is 18.2. The molecule has 1 saturated heterocycles. The lowest BCUT2D eigenvalue weighted by molar-refractivity contribution is -0.116. The number of morpholine rings is 1. The maximum Gasteiger partial charge on any atom is 0.243 e. The van der Waals surface area contributed by atoms with Crippen LogP contribution in [0.15, 0.2) is 65.6 Å². The van der Waals surface area contributed by atoms with Crippen LogP contribution in [0.2, 0.25) is 0 Å². The summed E-state index contributed by atoms with van der Waals surface area (Å²) >= 11 is 0. The maximum atomic E-state index is 12.7. The molecule has 0 unspecified atom stereocenters. The summed E-state index contributed by atoms with van der Waals surface area (Å²) in [5.41, 5.74) is 2.57. The topological polar surface area (TPSA) is 93.5 Å². The number of benzene rings is 2. The number of para-hydroxylation sites is 1. The highest BCUT2D eigenvalue weighted by Gasteiger charge is 2.26. The Balaban J connectivity index is 1.37. The molecule has 168 valence electrons. The number of nitrogens with zero attached hydrogens (tertiary/aromatic N) is 3. The van der Waals surface area contributed by atoms with E-state index < -0.39 is 10.0 Å². The zero-order chi connectivity index (χ0) is 22.6. The van der Waals surface area contributed by atoms with Crippen molar-refractivity contribution in [2.75, 3.05) is 31.6 Å². The summed E-state index contributed by atoms with van der Waals surface area (Å²) in [6.45, 7) is 3.43. The van der Waals surface area contributed by atoms with Gasteiger partial charge < -0.3 is 10.1 Å². The third-order valence-corrected chi connectivity index (χ3v) is 7.18. The minimum absolute atomic E-state index is 0.132. The Labute approximate surface area is 187 Å². The number of carbonyl (C=O) groups is 1. The van der Waals surface area contributed by atoms with E-state index in [0.717, 1.165) is 16.9 Å². The Kier molecular flexibility index (Phi) is 6.69. The van der Waals surface area contributed by atoms with Crippen molar-refractivity contribution in [3.63, 3.8) is 0 Å². The summed E-state index contributed by atoms with van der Waals surface area (Å²) in [6.07, 6.45) is 0.775. The highest BCUT2D eigenvalue weighted by Crippen LogP contribution is 2.19. The van der Waals surface area contributed by atoms with Crippen LogP contribution in [0.4, 0.5) is 5.82 Å². The Morgan fingerprint density at radius 2 is 1.75 bits per heavy atom.